The number of aryl methyl sites for hydroxylation is 2. The van der Waals surface area contributed by atoms with Gasteiger partial charge in [-0.25, -0.2) is 8.42 Å². The molecule has 0 saturated carbocycles. The molecule has 5 nitrogen and oxygen atoms in total. The largest absolute Gasteiger partial charge is 0.346 e. The molecule has 1 heterocycles. The average Bonchev–Trinajstić information content (AvgIpc) is 3.29. The summed E-state index contributed by atoms with van der Waals surface area (Å²) in [6.45, 7) is 3.13. The molecular formula is C23H28N2O3S. The Bertz CT molecular complexity index is 993. The van der Waals surface area contributed by atoms with Crippen LogP contribution in [0.25, 0.3) is 0 Å². The summed E-state index contributed by atoms with van der Waals surface area (Å²) in [6.07, 6.45) is 6.53. The molecule has 29 heavy (non-hydrogen) atoms. The lowest BCUT2D eigenvalue weighted by Gasteiger charge is -2.20. The van der Waals surface area contributed by atoms with Gasteiger partial charge in [-0.2, -0.15) is 4.31 Å². The molecule has 1 N–H and O–H groups in total. The lowest BCUT2D eigenvalue weighted by atomic mass is 9.89. The molecule has 2 aliphatic rings. The summed E-state index contributed by atoms with van der Waals surface area (Å²) in [6, 6.07) is 12.6. The van der Waals surface area contributed by atoms with E-state index in [-0.39, 0.29) is 16.8 Å². The number of amides is 1. The van der Waals surface area contributed by atoms with Gasteiger partial charge in [0.2, 0.25) is 10.0 Å². The van der Waals surface area contributed by atoms with Crippen LogP contribution in [0, 0.1) is 0 Å². The molecule has 6 heteroatoms. The Balaban J connectivity index is 1.44. The Kier molecular flexibility index (Phi) is 5.74. The molecule has 0 bridgehead atoms. The Morgan fingerprint density at radius 2 is 1.59 bits per heavy atom. The van der Waals surface area contributed by atoms with Crippen molar-refractivity contribution in [2.24, 2.45) is 0 Å². The van der Waals surface area contributed by atoms with Gasteiger partial charge in [0.15, 0.2) is 0 Å². The Morgan fingerprint density at radius 1 is 0.931 bits per heavy atom. The standard InChI is InChI=1S/C23H28N2O3S/c1-17(20-9-8-18-6-2-3-7-21(18)16-20)24-23(26)19-10-12-22(13-11-19)29(27,28)25-14-4-5-15-25/h8-13,16-17H,2-7,14-15H2,1H3,(H,24,26)/t17-/m0/s1. The van der Waals surface area contributed by atoms with Crippen LogP contribution in [0.2, 0.25) is 0 Å². The molecule has 0 spiro atoms. The number of carbonyl (C=O) groups excluding carboxylic acids is 1. The second kappa shape index (κ2) is 8.28. The smallest absolute Gasteiger partial charge is 0.251 e. The van der Waals surface area contributed by atoms with Gasteiger partial charge in [0.1, 0.15) is 0 Å². The minimum Gasteiger partial charge on any atom is -0.346 e. The van der Waals surface area contributed by atoms with Gasteiger partial charge in [-0.1, -0.05) is 18.2 Å². The van der Waals surface area contributed by atoms with Gasteiger partial charge in [0.05, 0.1) is 10.9 Å². The topological polar surface area (TPSA) is 66.5 Å². The van der Waals surface area contributed by atoms with Crippen LogP contribution in [0.4, 0.5) is 0 Å². The zero-order valence-corrected chi connectivity index (χ0v) is 17.7. The van der Waals surface area contributed by atoms with Gasteiger partial charge < -0.3 is 5.32 Å². The van der Waals surface area contributed by atoms with Crippen molar-refractivity contribution in [3.63, 3.8) is 0 Å². The van der Waals surface area contributed by atoms with Gasteiger partial charge in [-0.15, -0.1) is 0 Å². The van der Waals surface area contributed by atoms with E-state index >= 15 is 0 Å². The quantitative estimate of drug-likeness (QED) is 0.811. The molecule has 0 unspecified atom stereocenters. The third-order valence-corrected chi connectivity index (χ3v) is 7.95. The zero-order chi connectivity index (χ0) is 20.4. The van der Waals surface area contributed by atoms with Crippen LogP contribution in [0.3, 0.4) is 0 Å². The maximum absolute atomic E-state index is 12.7. The van der Waals surface area contributed by atoms with Crippen LogP contribution >= 0.6 is 0 Å². The van der Waals surface area contributed by atoms with E-state index in [2.05, 4.69) is 23.5 Å². The molecule has 1 aliphatic heterocycles. The van der Waals surface area contributed by atoms with Crippen molar-refractivity contribution >= 4 is 15.9 Å². The molecule has 1 amide bonds. The number of nitrogens with one attached hydrogen (secondary N) is 1. The predicted molar refractivity (Wildman–Crippen MR) is 113 cm³/mol. The summed E-state index contributed by atoms with van der Waals surface area (Å²) >= 11 is 0. The number of sulfonamides is 1. The Hall–Kier alpha value is -2.18. The number of nitrogens with zero attached hydrogens (tertiary/aromatic N) is 1. The highest BCUT2D eigenvalue weighted by molar-refractivity contribution is 7.89. The van der Waals surface area contributed by atoms with E-state index < -0.39 is 10.0 Å². The fraction of sp³-hybridized carbons (Fsp3) is 0.435. The third kappa shape index (κ3) is 4.23. The molecule has 1 atom stereocenters. The van der Waals surface area contributed by atoms with Crippen LogP contribution in [0.15, 0.2) is 47.4 Å². The molecule has 1 aliphatic carbocycles. The highest BCUT2D eigenvalue weighted by Crippen LogP contribution is 2.25. The number of rotatable bonds is 5. The van der Waals surface area contributed by atoms with E-state index in [1.54, 1.807) is 12.1 Å². The normalized spacial score (nSPS) is 18.2. The van der Waals surface area contributed by atoms with Gasteiger partial charge in [-0.3, -0.25) is 4.79 Å². The first-order valence-corrected chi connectivity index (χ1v) is 11.9. The number of hydrogen-bond donors (Lipinski definition) is 1. The van der Waals surface area contributed by atoms with E-state index in [0.717, 1.165) is 31.2 Å². The molecule has 2 aromatic carbocycles. The van der Waals surface area contributed by atoms with Crippen molar-refractivity contribution in [1.29, 1.82) is 0 Å². The molecule has 1 saturated heterocycles. The number of carbonyl (C=O) groups is 1. The van der Waals surface area contributed by atoms with Crippen LogP contribution in [-0.2, 0) is 22.9 Å². The third-order valence-electron chi connectivity index (χ3n) is 6.04. The molecule has 0 aromatic heterocycles. The van der Waals surface area contributed by atoms with Crippen LogP contribution in [-0.4, -0.2) is 31.7 Å². The lowest BCUT2D eigenvalue weighted by Crippen LogP contribution is -2.28. The van der Waals surface area contributed by atoms with Crippen LogP contribution in [0.5, 0.6) is 0 Å². The molecule has 154 valence electrons. The van der Waals surface area contributed by atoms with Gasteiger partial charge in [0, 0.05) is 18.7 Å². The minimum absolute atomic E-state index is 0.109. The SMILES string of the molecule is C[C@H](NC(=O)c1ccc(S(=O)(=O)N2CCCC2)cc1)c1ccc2c(c1)CCCC2. The second-order valence-corrected chi connectivity index (χ2v) is 10.0. The summed E-state index contributed by atoms with van der Waals surface area (Å²) in [5, 5.41) is 3.03. The van der Waals surface area contributed by atoms with E-state index in [1.165, 1.54) is 40.4 Å². The van der Waals surface area contributed by atoms with Crippen molar-refractivity contribution in [3.05, 3.63) is 64.7 Å². The molecule has 1 fully saturated rings. The van der Waals surface area contributed by atoms with E-state index in [9.17, 15) is 13.2 Å². The van der Waals surface area contributed by atoms with Gasteiger partial charge >= 0.3 is 0 Å². The first-order chi connectivity index (χ1) is 13.9. The fourth-order valence-electron chi connectivity index (χ4n) is 4.24. The molecule has 2 aromatic rings. The van der Waals surface area contributed by atoms with Crippen molar-refractivity contribution in [2.75, 3.05) is 13.1 Å². The van der Waals surface area contributed by atoms with Gasteiger partial charge in [0.25, 0.3) is 5.91 Å². The Morgan fingerprint density at radius 3 is 2.28 bits per heavy atom. The maximum atomic E-state index is 12.7. The van der Waals surface area contributed by atoms with E-state index in [0.29, 0.717) is 18.7 Å². The monoisotopic (exact) mass is 412 g/mol. The van der Waals surface area contributed by atoms with Crippen molar-refractivity contribution in [3.8, 4) is 0 Å². The molecular weight excluding hydrogens is 384 g/mol. The second-order valence-electron chi connectivity index (χ2n) is 8.07. The highest BCUT2D eigenvalue weighted by atomic mass is 32.2. The van der Waals surface area contributed by atoms with Gasteiger partial charge in [-0.05, 0) is 86.4 Å². The van der Waals surface area contributed by atoms with Crippen LogP contribution in [0.1, 0.15) is 65.7 Å². The zero-order valence-electron chi connectivity index (χ0n) is 16.9. The number of benzene rings is 2. The summed E-state index contributed by atoms with van der Waals surface area (Å²) in [4.78, 5) is 12.9. The number of hydrogen-bond acceptors (Lipinski definition) is 3. The average molecular weight is 413 g/mol. The highest BCUT2D eigenvalue weighted by Gasteiger charge is 2.27. The predicted octanol–water partition coefficient (Wildman–Crippen LogP) is 3.84. The molecule has 4 rings (SSSR count). The molecule has 0 radical (unpaired) electrons. The van der Waals surface area contributed by atoms with E-state index in [1.807, 2.05) is 6.92 Å². The number of fused-ring (bicyclic) bond motifs is 1. The van der Waals surface area contributed by atoms with Crippen molar-refractivity contribution in [1.82, 2.24) is 9.62 Å². The first kappa shape index (κ1) is 20.1. The Labute approximate surface area is 173 Å². The van der Waals surface area contributed by atoms with Crippen molar-refractivity contribution in [2.45, 2.75) is 56.4 Å². The minimum atomic E-state index is -3.45. The summed E-state index contributed by atoms with van der Waals surface area (Å²) < 4.78 is 26.8. The summed E-state index contributed by atoms with van der Waals surface area (Å²) in [5.41, 5.74) is 4.39. The maximum Gasteiger partial charge on any atom is 0.251 e. The fourth-order valence-corrected chi connectivity index (χ4v) is 5.76. The van der Waals surface area contributed by atoms with Crippen molar-refractivity contribution < 1.29 is 13.2 Å². The summed E-state index contributed by atoms with van der Waals surface area (Å²) in [5.74, 6) is -0.194. The van der Waals surface area contributed by atoms with E-state index in [4.69, 9.17) is 0 Å². The first-order valence-electron chi connectivity index (χ1n) is 10.5. The van der Waals surface area contributed by atoms with Crippen LogP contribution < -0.4 is 5.32 Å². The summed E-state index contributed by atoms with van der Waals surface area (Å²) in [7, 11) is -3.45. The lowest BCUT2D eigenvalue weighted by molar-refractivity contribution is 0.0939.